The van der Waals surface area contributed by atoms with Crippen molar-refractivity contribution in [2.24, 2.45) is 10.7 Å². The minimum Gasteiger partial charge on any atom is -0.494 e. The van der Waals surface area contributed by atoms with Crippen molar-refractivity contribution >= 4 is 5.96 Å². The standard InChI is InChI=1S/C19H32N4O2/c1-2-13-25-18-6-3-5-17(16-18)7-9-22-19(20)21-8-4-10-23-11-14-24-15-12-23/h3,5-6,16H,2,4,7-15H2,1H3,(H3,20,21,22). The molecular weight excluding hydrogens is 316 g/mol. The molecule has 0 radical (unpaired) electrons. The topological polar surface area (TPSA) is 72.1 Å². The Balaban J connectivity index is 1.60. The van der Waals surface area contributed by atoms with Gasteiger partial charge in [-0.15, -0.1) is 0 Å². The number of hydrogen-bond acceptors (Lipinski definition) is 4. The predicted octanol–water partition coefficient (Wildman–Crippen LogP) is 1.64. The molecule has 1 aliphatic heterocycles. The van der Waals surface area contributed by atoms with Gasteiger partial charge >= 0.3 is 0 Å². The van der Waals surface area contributed by atoms with Gasteiger partial charge in [-0.05, 0) is 37.0 Å². The van der Waals surface area contributed by atoms with E-state index in [4.69, 9.17) is 15.2 Å². The molecule has 2 rings (SSSR count). The molecule has 3 N–H and O–H groups in total. The van der Waals surface area contributed by atoms with Crippen LogP contribution < -0.4 is 15.8 Å². The number of hydrogen-bond donors (Lipinski definition) is 2. The zero-order chi connectivity index (χ0) is 17.7. The molecule has 1 aliphatic rings. The van der Waals surface area contributed by atoms with Gasteiger partial charge in [0.2, 0.25) is 0 Å². The van der Waals surface area contributed by atoms with Gasteiger partial charge in [0.15, 0.2) is 5.96 Å². The summed E-state index contributed by atoms with van der Waals surface area (Å²) in [5.41, 5.74) is 7.17. The van der Waals surface area contributed by atoms with E-state index in [0.29, 0.717) is 5.96 Å². The molecule has 0 saturated carbocycles. The van der Waals surface area contributed by atoms with Crippen LogP contribution in [-0.4, -0.2) is 63.4 Å². The van der Waals surface area contributed by atoms with Crippen LogP contribution in [-0.2, 0) is 11.2 Å². The quantitative estimate of drug-likeness (QED) is 0.382. The molecule has 1 fully saturated rings. The van der Waals surface area contributed by atoms with Crippen LogP contribution in [0.25, 0.3) is 0 Å². The molecule has 0 aromatic heterocycles. The maximum Gasteiger partial charge on any atom is 0.188 e. The number of rotatable bonds is 10. The van der Waals surface area contributed by atoms with Crippen LogP contribution in [0.2, 0.25) is 0 Å². The number of nitrogens with zero attached hydrogens (tertiary/aromatic N) is 2. The monoisotopic (exact) mass is 348 g/mol. The number of aliphatic imine (C=N–C) groups is 1. The highest BCUT2D eigenvalue weighted by atomic mass is 16.5. The number of guanidine groups is 1. The first-order valence-corrected chi connectivity index (χ1v) is 9.33. The lowest BCUT2D eigenvalue weighted by atomic mass is 10.1. The molecule has 0 bridgehead atoms. The van der Waals surface area contributed by atoms with Crippen LogP contribution in [0.15, 0.2) is 29.3 Å². The van der Waals surface area contributed by atoms with Gasteiger partial charge in [0.1, 0.15) is 5.75 Å². The number of nitrogens with one attached hydrogen (secondary N) is 1. The van der Waals surface area contributed by atoms with E-state index >= 15 is 0 Å². The van der Waals surface area contributed by atoms with E-state index in [1.165, 1.54) is 5.56 Å². The molecule has 1 saturated heterocycles. The van der Waals surface area contributed by atoms with Crippen LogP contribution in [0.5, 0.6) is 5.75 Å². The lowest BCUT2D eigenvalue weighted by Gasteiger charge is -2.26. The number of benzene rings is 1. The van der Waals surface area contributed by atoms with Gasteiger partial charge in [0, 0.05) is 32.7 Å². The molecule has 1 aromatic rings. The van der Waals surface area contributed by atoms with Crippen molar-refractivity contribution in [3.8, 4) is 5.75 Å². The Labute approximate surface area is 151 Å². The molecule has 1 heterocycles. The summed E-state index contributed by atoms with van der Waals surface area (Å²) in [6.07, 6.45) is 2.94. The first-order valence-electron chi connectivity index (χ1n) is 9.33. The predicted molar refractivity (Wildman–Crippen MR) is 102 cm³/mol. The van der Waals surface area contributed by atoms with Crippen LogP contribution in [0.3, 0.4) is 0 Å². The summed E-state index contributed by atoms with van der Waals surface area (Å²) in [5.74, 6) is 1.46. The van der Waals surface area contributed by atoms with E-state index in [1.54, 1.807) is 0 Å². The fraction of sp³-hybridized carbons (Fsp3) is 0.632. The molecule has 0 amide bonds. The first-order chi connectivity index (χ1) is 12.3. The minimum atomic E-state index is 0.528. The van der Waals surface area contributed by atoms with Crippen molar-refractivity contribution in [2.75, 3.05) is 52.5 Å². The van der Waals surface area contributed by atoms with Gasteiger partial charge in [0.25, 0.3) is 0 Å². The van der Waals surface area contributed by atoms with E-state index in [2.05, 4.69) is 34.3 Å². The van der Waals surface area contributed by atoms with E-state index < -0.39 is 0 Å². The molecule has 1 aromatic carbocycles. The lowest BCUT2D eigenvalue weighted by molar-refractivity contribution is 0.0377. The van der Waals surface area contributed by atoms with Crippen LogP contribution in [0, 0.1) is 0 Å². The van der Waals surface area contributed by atoms with Crippen molar-refractivity contribution in [1.29, 1.82) is 0 Å². The van der Waals surface area contributed by atoms with Gasteiger partial charge < -0.3 is 20.5 Å². The molecule has 6 heteroatoms. The molecule has 0 spiro atoms. The van der Waals surface area contributed by atoms with Crippen LogP contribution in [0.4, 0.5) is 0 Å². The molecule has 0 unspecified atom stereocenters. The summed E-state index contributed by atoms with van der Waals surface area (Å²) < 4.78 is 11.0. The van der Waals surface area contributed by atoms with Gasteiger partial charge in [-0.3, -0.25) is 9.89 Å². The Hall–Kier alpha value is -1.79. The van der Waals surface area contributed by atoms with Crippen molar-refractivity contribution in [2.45, 2.75) is 26.2 Å². The Bertz CT molecular complexity index is 516. The fourth-order valence-electron chi connectivity index (χ4n) is 2.72. The summed E-state index contributed by atoms with van der Waals surface area (Å²) in [6, 6.07) is 8.23. The maximum atomic E-state index is 5.93. The zero-order valence-electron chi connectivity index (χ0n) is 15.4. The first kappa shape index (κ1) is 19.5. The largest absolute Gasteiger partial charge is 0.494 e. The second-order valence-electron chi connectivity index (χ2n) is 6.25. The molecule has 140 valence electrons. The second kappa shape index (κ2) is 11.7. The minimum absolute atomic E-state index is 0.528. The van der Waals surface area contributed by atoms with Gasteiger partial charge in [0.05, 0.1) is 19.8 Å². The summed E-state index contributed by atoms with van der Waals surface area (Å²) in [5, 5.41) is 3.19. The summed E-state index contributed by atoms with van der Waals surface area (Å²) in [4.78, 5) is 6.81. The number of morpholine rings is 1. The Morgan fingerprint density at radius 1 is 1.36 bits per heavy atom. The van der Waals surface area contributed by atoms with Crippen molar-refractivity contribution in [3.63, 3.8) is 0 Å². The molecule has 0 atom stereocenters. The number of nitrogens with two attached hydrogens (primary N) is 1. The smallest absolute Gasteiger partial charge is 0.188 e. The van der Waals surface area contributed by atoms with E-state index in [9.17, 15) is 0 Å². The lowest BCUT2D eigenvalue weighted by Crippen LogP contribution is -2.37. The van der Waals surface area contributed by atoms with E-state index in [1.807, 2.05) is 12.1 Å². The van der Waals surface area contributed by atoms with Crippen LogP contribution in [0.1, 0.15) is 25.3 Å². The van der Waals surface area contributed by atoms with Crippen molar-refractivity contribution < 1.29 is 9.47 Å². The van der Waals surface area contributed by atoms with E-state index in [0.717, 1.165) is 77.6 Å². The molecule has 0 aliphatic carbocycles. The van der Waals surface area contributed by atoms with Gasteiger partial charge in [-0.25, -0.2) is 0 Å². The average molecular weight is 348 g/mol. The summed E-state index contributed by atoms with van der Waals surface area (Å²) >= 11 is 0. The molecule has 25 heavy (non-hydrogen) atoms. The van der Waals surface area contributed by atoms with Crippen molar-refractivity contribution in [1.82, 2.24) is 10.2 Å². The Morgan fingerprint density at radius 2 is 2.20 bits per heavy atom. The highest BCUT2D eigenvalue weighted by Crippen LogP contribution is 2.13. The highest BCUT2D eigenvalue weighted by Gasteiger charge is 2.08. The highest BCUT2D eigenvalue weighted by molar-refractivity contribution is 5.77. The molecule has 6 nitrogen and oxygen atoms in total. The Morgan fingerprint density at radius 3 is 3.00 bits per heavy atom. The normalized spacial score (nSPS) is 16.0. The third kappa shape index (κ3) is 8.23. The number of ether oxygens (including phenoxy) is 2. The van der Waals surface area contributed by atoms with Gasteiger partial charge in [-0.2, -0.15) is 0 Å². The van der Waals surface area contributed by atoms with Gasteiger partial charge in [-0.1, -0.05) is 19.1 Å². The van der Waals surface area contributed by atoms with Crippen LogP contribution >= 0.6 is 0 Å². The average Bonchev–Trinajstić information content (AvgIpc) is 2.65. The van der Waals surface area contributed by atoms with Crippen molar-refractivity contribution in [3.05, 3.63) is 29.8 Å². The summed E-state index contributed by atoms with van der Waals surface area (Å²) in [6.45, 7) is 9.20. The zero-order valence-corrected chi connectivity index (χ0v) is 15.4. The third-order valence-electron chi connectivity index (χ3n) is 4.11. The SMILES string of the molecule is CCCOc1cccc(CCNC(N)=NCCCN2CCOCC2)c1. The maximum absolute atomic E-state index is 5.93. The fourth-order valence-corrected chi connectivity index (χ4v) is 2.72. The van der Waals surface area contributed by atoms with E-state index in [-0.39, 0.29) is 0 Å². The molecular formula is C19H32N4O2. The third-order valence-corrected chi connectivity index (χ3v) is 4.11. The summed E-state index contributed by atoms with van der Waals surface area (Å²) in [7, 11) is 0. The second-order valence-corrected chi connectivity index (χ2v) is 6.25. The Kier molecular flexibility index (Phi) is 9.15.